The van der Waals surface area contributed by atoms with Crippen LogP contribution >= 0.6 is 11.3 Å². The van der Waals surface area contributed by atoms with Gasteiger partial charge in [-0.2, -0.15) is 0 Å². The van der Waals surface area contributed by atoms with E-state index in [1.54, 1.807) is 12.0 Å². The molecule has 136 valence electrons. The Morgan fingerprint density at radius 1 is 1.15 bits per heavy atom. The van der Waals surface area contributed by atoms with Gasteiger partial charge in [-0.15, -0.1) is 0 Å². The summed E-state index contributed by atoms with van der Waals surface area (Å²) in [4.78, 5) is 19.3. The fourth-order valence-corrected chi connectivity index (χ4v) is 3.72. The third-order valence-corrected chi connectivity index (χ3v) is 5.00. The predicted octanol–water partition coefficient (Wildman–Crippen LogP) is 4.24. The molecular weight excluding hydrogens is 348 g/mol. The molecule has 2 aromatic carbocycles. The summed E-state index contributed by atoms with van der Waals surface area (Å²) in [5.41, 5.74) is 3.89. The summed E-state index contributed by atoms with van der Waals surface area (Å²) >= 11 is 1.50. The minimum atomic E-state index is -0.146. The van der Waals surface area contributed by atoms with Crippen molar-refractivity contribution in [2.45, 2.75) is 13.8 Å². The molecular formula is C20H22N2O3S. The first-order chi connectivity index (χ1) is 12.6. The van der Waals surface area contributed by atoms with Crippen molar-refractivity contribution in [2.24, 2.45) is 0 Å². The van der Waals surface area contributed by atoms with Crippen molar-refractivity contribution in [1.29, 1.82) is 0 Å². The van der Waals surface area contributed by atoms with Crippen molar-refractivity contribution in [1.82, 2.24) is 4.98 Å². The Kier molecular flexibility index (Phi) is 5.98. The number of methoxy groups -OCH3 is 1. The largest absolute Gasteiger partial charge is 0.382 e. The molecule has 3 aromatic rings. The molecule has 6 heteroatoms. The van der Waals surface area contributed by atoms with Gasteiger partial charge in [-0.05, 0) is 37.6 Å². The predicted molar refractivity (Wildman–Crippen MR) is 105 cm³/mol. The Balaban J connectivity index is 1.96. The SMILES string of the molecule is COCCOCC(=O)N(c1nc2ccccc2s1)c1ccc(C)cc1C. The number of para-hydroxylation sites is 1. The quantitative estimate of drug-likeness (QED) is 0.584. The first-order valence-corrected chi connectivity index (χ1v) is 9.24. The normalized spacial score (nSPS) is 11.0. The number of rotatable bonds is 7. The number of aromatic nitrogens is 1. The second-order valence-electron chi connectivity index (χ2n) is 6.03. The van der Waals surface area contributed by atoms with Crippen LogP contribution in [-0.2, 0) is 14.3 Å². The van der Waals surface area contributed by atoms with Crippen LogP contribution in [0.25, 0.3) is 10.2 Å². The van der Waals surface area contributed by atoms with Crippen molar-refractivity contribution < 1.29 is 14.3 Å². The Hall–Kier alpha value is -2.28. The highest BCUT2D eigenvalue weighted by atomic mass is 32.1. The van der Waals surface area contributed by atoms with Gasteiger partial charge in [-0.3, -0.25) is 9.69 Å². The zero-order valence-electron chi connectivity index (χ0n) is 15.2. The lowest BCUT2D eigenvalue weighted by molar-refractivity contribution is -0.122. The van der Waals surface area contributed by atoms with E-state index >= 15 is 0 Å². The molecule has 0 spiro atoms. The van der Waals surface area contributed by atoms with Crippen LogP contribution in [0.15, 0.2) is 42.5 Å². The van der Waals surface area contributed by atoms with Crippen LogP contribution in [0.4, 0.5) is 10.8 Å². The second kappa shape index (κ2) is 8.40. The Labute approximate surface area is 157 Å². The number of thiazole rings is 1. The number of aryl methyl sites for hydroxylation is 2. The van der Waals surface area contributed by atoms with Crippen molar-refractivity contribution in [3.8, 4) is 0 Å². The highest BCUT2D eigenvalue weighted by Gasteiger charge is 2.23. The summed E-state index contributed by atoms with van der Waals surface area (Å²) in [5, 5.41) is 0.651. The van der Waals surface area contributed by atoms with Crippen LogP contribution < -0.4 is 4.90 Å². The summed E-state index contributed by atoms with van der Waals surface area (Å²) in [6.45, 7) is 4.85. The van der Waals surface area contributed by atoms with Crippen molar-refractivity contribution in [2.75, 3.05) is 31.8 Å². The Bertz CT molecular complexity index is 874. The van der Waals surface area contributed by atoms with Gasteiger partial charge in [0.15, 0.2) is 5.13 Å². The maximum absolute atomic E-state index is 12.9. The molecule has 1 heterocycles. The molecule has 1 amide bonds. The molecule has 0 aliphatic rings. The van der Waals surface area contributed by atoms with E-state index in [0.29, 0.717) is 18.3 Å². The summed E-state index contributed by atoms with van der Waals surface area (Å²) in [6, 6.07) is 13.9. The van der Waals surface area contributed by atoms with Crippen molar-refractivity contribution >= 4 is 38.3 Å². The lowest BCUT2D eigenvalue weighted by atomic mass is 10.1. The average molecular weight is 370 g/mol. The number of hydrogen-bond acceptors (Lipinski definition) is 5. The van der Waals surface area contributed by atoms with E-state index in [9.17, 15) is 4.79 Å². The van der Waals surface area contributed by atoms with Crippen molar-refractivity contribution in [3.05, 3.63) is 53.6 Å². The number of anilines is 2. The van der Waals surface area contributed by atoms with Crippen LogP contribution in [0, 0.1) is 13.8 Å². The first-order valence-electron chi connectivity index (χ1n) is 8.42. The van der Waals surface area contributed by atoms with Gasteiger partial charge in [0.1, 0.15) is 6.61 Å². The fourth-order valence-electron chi connectivity index (χ4n) is 2.72. The average Bonchev–Trinajstić information content (AvgIpc) is 3.04. The molecule has 0 unspecified atom stereocenters. The first kappa shape index (κ1) is 18.5. The minimum absolute atomic E-state index is 0.0212. The molecule has 0 aliphatic heterocycles. The smallest absolute Gasteiger partial charge is 0.259 e. The number of hydrogen-bond donors (Lipinski definition) is 0. The van der Waals surface area contributed by atoms with Crippen LogP contribution in [0.5, 0.6) is 0 Å². The van der Waals surface area contributed by atoms with Gasteiger partial charge in [-0.25, -0.2) is 4.98 Å². The Morgan fingerprint density at radius 3 is 2.69 bits per heavy atom. The van der Waals surface area contributed by atoms with Gasteiger partial charge < -0.3 is 9.47 Å². The summed E-state index contributed by atoms with van der Waals surface area (Å²) in [6.07, 6.45) is 0. The monoisotopic (exact) mass is 370 g/mol. The van der Waals surface area contributed by atoms with Gasteiger partial charge >= 0.3 is 0 Å². The second-order valence-corrected chi connectivity index (χ2v) is 7.04. The number of ether oxygens (including phenoxy) is 2. The molecule has 0 fully saturated rings. The molecule has 0 saturated carbocycles. The number of nitrogens with zero attached hydrogens (tertiary/aromatic N) is 2. The lowest BCUT2D eigenvalue weighted by Crippen LogP contribution is -2.30. The summed E-state index contributed by atoms with van der Waals surface area (Å²) < 4.78 is 11.5. The minimum Gasteiger partial charge on any atom is -0.382 e. The van der Waals surface area contributed by atoms with Crippen molar-refractivity contribution in [3.63, 3.8) is 0 Å². The number of benzene rings is 2. The van der Waals surface area contributed by atoms with E-state index < -0.39 is 0 Å². The standard InChI is InChI=1S/C20H22N2O3S/c1-14-8-9-17(15(2)12-14)22(19(23)13-25-11-10-24-3)20-21-16-6-4-5-7-18(16)26-20/h4-9,12H,10-11,13H2,1-3H3. The maximum atomic E-state index is 12.9. The number of carbonyl (C=O) groups is 1. The summed E-state index contributed by atoms with van der Waals surface area (Å²) in [5.74, 6) is -0.146. The van der Waals surface area contributed by atoms with Gasteiger partial charge in [-0.1, -0.05) is 41.2 Å². The number of fused-ring (bicyclic) bond motifs is 1. The van der Waals surface area contributed by atoms with Crippen LogP contribution in [0.1, 0.15) is 11.1 Å². The third-order valence-electron chi connectivity index (χ3n) is 3.97. The van der Waals surface area contributed by atoms with E-state index in [1.165, 1.54) is 11.3 Å². The van der Waals surface area contributed by atoms with E-state index in [2.05, 4.69) is 11.1 Å². The van der Waals surface area contributed by atoms with Crippen LogP contribution in [-0.4, -0.2) is 37.8 Å². The third kappa shape index (κ3) is 4.09. The molecule has 26 heavy (non-hydrogen) atoms. The van der Waals surface area contributed by atoms with Crippen LogP contribution in [0.2, 0.25) is 0 Å². The molecule has 0 N–H and O–H groups in total. The molecule has 0 atom stereocenters. The molecule has 1 aromatic heterocycles. The highest BCUT2D eigenvalue weighted by Crippen LogP contribution is 2.35. The molecule has 0 saturated heterocycles. The summed E-state index contributed by atoms with van der Waals surface area (Å²) in [7, 11) is 1.61. The lowest BCUT2D eigenvalue weighted by Gasteiger charge is -2.22. The van der Waals surface area contributed by atoms with E-state index in [4.69, 9.17) is 9.47 Å². The topological polar surface area (TPSA) is 51.7 Å². The maximum Gasteiger partial charge on any atom is 0.259 e. The number of carbonyl (C=O) groups excluding carboxylic acids is 1. The van der Waals surface area contributed by atoms with Crippen LogP contribution in [0.3, 0.4) is 0 Å². The van der Waals surface area contributed by atoms with E-state index in [-0.39, 0.29) is 12.5 Å². The van der Waals surface area contributed by atoms with Gasteiger partial charge in [0, 0.05) is 7.11 Å². The fraction of sp³-hybridized carbons (Fsp3) is 0.300. The Morgan fingerprint density at radius 2 is 1.96 bits per heavy atom. The van der Waals surface area contributed by atoms with Gasteiger partial charge in [0.25, 0.3) is 5.91 Å². The zero-order chi connectivity index (χ0) is 18.5. The molecule has 5 nitrogen and oxygen atoms in total. The van der Waals surface area contributed by atoms with E-state index in [0.717, 1.165) is 27.0 Å². The molecule has 0 aliphatic carbocycles. The molecule has 0 radical (unpaired) electrons. The molecule has 0 bridgehead atoms. The van der Waals surface area contributed by atoms with Gasteiger partial charge in [0.05, 0.1) is 29.1 Å². The molecule has 3 rings (SSSR count). The van der Waals surface area contributed by atoms with E-state index in [1.807, 2.05) is 50.2 Å². The zero-order valence-corrected chi connectivity index (χ0v) is 16.0. The van der Waals surface area contributed by atoms with Gasteiger partial charge in [0.2, 0.25) is 0 Å². The highest BCUT2D eigenvalue weighted by molar-refractivity contribution is 7.22. The number of amides is 1.